The minimum atomic E-state index is 0.501. The number of para-hydroxylation sites is 2. The van der Waals surface area contributed by atoms with E-state index in [1.165, 1.54) is 0 Å². The van der Waals surface area contributed by atoms with Crippen LogP contribution in [0.5, 0.6) is 11.5 Å². The Morgan fingerprint density at radius 3 is 2.56 bits per heavy atom. The molecule has 3 heteroatoms. The van der Waals surface area contributed by atoms with Gasteiger partial charge in [-0.1, -0.05) is 24.8 Å². The maximum Gasteiger partial charge on any atom is 0.161 e. The van der Waals surface area contributed by atoms with Gasteiger partial charge in [-0.25, -0.2) is 0 Å². The van der Waals surface area contributed by atoms with E-state index in [2.05, 4.69) is 18.8 Å². The summed E-state index contributed by atoms with van der Waals surface area (Å²) in [7, 11) is 0. The minimum Gasteiger partial charge on any atom is -0.486 e. The molecule has 0 atom stereocenters. The van der Waals surface area contributed by atoms with Gasteiger partial charge in [-0.2, -0.15) is 0 Å². The zero-order chi connectivity index (χ0) is 11.6. The summed E-state index contributed by atoms with van der Waals surface area (Å²) in [5.41, 5.74) is 0. The third kappa shape index (κ3) is 4.36. The lowest BCUT2D eigenvalue weighted by molar-refractivity contribution is -0.652. The van der Waals surface area contributed by atoms with Crippen molar-refractivity contribution in [3.63, 3.8) is 0 Å². The van der Waals surface area contributed by atoms with Crippen molar-refractivity contribution in [3.05, 3.63) is 36.9 Å². The molecule has 0 spiro atoms. The van der Waals surface area contributed by atoms with Crippen LogP contribution in [0.2, 0.25) is 0 Å². The van der Waals surface area contributed by atoms with E-state index in [4.69, 9.17) is 9.47 Å². The van der Waals surface area contributed by atoms with Crippen molar-refractivity contribution < 1.29 is 14.8 Å². The van der Waals surface area contributed by atoms with E-state index in [0.717, 1.165) is 24.6 Å². The molecule has 0 radical (unpaired) electrons. The Labute approximate surface area is 97.1 Å². The molecule has 3 nitrogen and oxygen atoms in total. The molecule has 0 aromatic heterocycles. The largest absolute Gasteiger partial charge is 0.486 e. The van der Waals surface area contributed by atoms with E-state index < -0.39 is 0 Å². The third-order valence-corrected chi connectivity index (χ3v) is 2.07. The van der Waals surface area contributed by atoms with Crippen LogP contribution in [0.3, 0.4) is 0 Å². The summed E-state index contributed by atoms with van der Waals surface area (Å²) >= 11 is 0. The van der Waals surface area contributed by atoms with Gasteiger partial charge in [0.25, 0.3) is 0 Å². The maximum absolute atomic E-state index is 5.65. The first kappa shape index (κ1) is 12.6. The van der Waals surface area contributed by atoms with Crippen molar-refractivity contribution in [2.24, 2.45) is 0 Å². The Morgan fingerprint density at radius 2 is 1.94 bits per heavy atom. The average Bonchev–Trinajstić information content (AvgIpc) is 2.33. The summed E-state index contributed by atoms with van der Waals surface area (Å²) < 4.78 is 11.1. The smallest absolute Gasteiger partial charge is 0.161 e. The Balaban J connectivity index is 2.46. The van der Waals surface area contributed by atoms with Gasteiger partial charge in [0.1, 0.15) is 19.8 Å². The number of hydrogen-bond donors (Lipinski definition) is 1. The second kappa shape index (κ2) is 7.77. The number of likely N-dealkylation sites (N-methyl/N-ethyl adjacent to an activating group) is 1. The fourth-order valence-corrected chi connectivity index (χ4v) is 1.29. The van der Waals surface area contributed by atoms with Gasteiger partial charge >= 0.3 is 0 Å². The zero-order valence-electron chi connectivity index (χ0n) is 9.82. The topological polar surface area (TPSA) is 35.1 Å². The fourth-order valence-electron chi connectivity index (χ4n) is 1.29. The Bertz CT molecular complexity index is 313. The summed E-state index contributed by atoms with van der Waals surface area (Å²) in [4.78, 5) is 0. The first-order valence-electron chi connectivity index (χ1n) is 5.65. The van der Waals surface area contributed by atoms with Crippen LogP contribution in [-0.2, 0) is 0 Å². The van der Waals surface area contributed by atoms with Gasteiger partial charge in [-0.15, -0.1) is 0 Å². The molecular weight excluding hydrogens is 202 g/mol. The van der Waals surface area contributed by atoms with Crippen molar-refractivity contribution in [2.75, 3.05) is 26.3 Å². The van der Waals surface area contributed by atoms with Crippen LogP contribution in [0.25, 0.3) is 0 Å². The van der Waals surface area contributed by atoms with Gasteiger partial charge in [0, 0.05) is 0 Å². The predicted octanol–water partition coefficient (Wildman–Crippen LogP) is 1.21. The van der Waals surface area contributed by atoms with Crippen LogP contribution < -0.4 is 14.8 Å². The number of nitrogens with two attached hydrogens (primary N) is 1. The standard InChI is InChI=1S/C13H19NO2/c1-3-10-15-12-7-5-6-8-13(12)16-11-9-14-4-2/h3,5-8,14H,1,4,9-11H2,2H3/p+1. The lowest BCUT2D eigenvalue weighted by atomic mass is 10.3. The van der Waals surface area contributed by atoms with Crippen molar-refractivity contribution in [1.82, 2.24) is 0 Å². The molecule has 0 saturated carbocycles. The predicted molar refractivity (Wildman–Crippen MR) is 65.0 cm³/mol. The molecule has 0 aliphatic carbocycles. The molecule has 0 amide bonds. The Kier molecular flexibility index (Phi) is 6.11. The molecule has 0 bridgehead atoms. The summed E-state index contributed by atoms with van der Waals surface area (Å²) in [6.07, 6.45) is 1.72. The highest BCUT2D eigenvalue weighted by atomic mass is 16.5. The van der Waals surface area contributed by atoms with Crippen LogP contribution >= 0.6 is 0 Å². The highest BCUT2D eigenvalue weighted by Crippen LogP contribution is 2.25. The number of rotatable bonds is 8. The summed E-state index contributed by atoms with van der Waals surface area (Å²) in [5, 5.41) is 2.20. The first-order chi connectivity index (χ1) is 7.88. The zero-order valence-corrected chi connectivity index (χ0v) is 9.82. The number of ether oxygens (including phenoxy) is 2. The van der Waals surface area contributed by atoms with E-state index in [1.54, 1.807) is 6.08 Å². The van der Waals surface area contributed by atoms with Crippen molar-refractivity contribution >= 4 is 0 Å². The van der Waals surface area contributed by atoms with Gasteiger partial charge < -0.3 is 14.8 Å². The number of benzene rings is 1. The second-order valence-corrected chi connectivity index (χ2v) is 3.38. The maximum atomic E-state index is 5.65. The summed E-state index contributed by atoms with van der Waals surface area (Å²) in [6.45, 7) is 8.99. The summed E-state index contributed by atoms with van der Waals surface area (Å²) in [5.74, 6) is 1.58. The van der Waals surface area contributed by atoms with Gasteiger partial charge in [-0.05, 0) is 19.1 Å². The molecule has 1 aromatic rings. The fraction of sp³-hybridized carbons (Fsp3) is 0.385. The quantitative estimate of drug-likeness (QED) is 0.530. The van der Waals surface area contributed by atoms with E-state index in [1.807, 2.05) is 24.3 Å². The van der Waals surface area contributed by atoms with Crippen LogP contribution in [-0.4, -0.2) is 26.3 Å². The molecule has 1 rings (SSSR count). The molecule has 16 heavy (non-hydrogen) atoms. The summed E-state index contributed by atoms with van der Waals surface area (Å²) in [6, 6.07) is 7.70. The normalized spacial score (nSPS) is 9.81. The first-order valence-corrected chi connectivity index (χ1v) is 5.65. The SMILES string of the molecule is C=CCOc1ccccc1OCC[NH2+]CC. The highest BCUT2D eigenvalue weighted by molar-refractivity contribution is 5.39. The van der Waals surface area contributed by atoms with Crippen molar-refractivity contribution in [2.45, 2.75) is 6.92 Å². The van der Waals surface area contributed by atoms with Crippen LogP contribution in [0.1, 0.15) is 6.92 Å². The second-order valence-electron chi connectivity index (χ2n) is 3.38. The van der Waals surface area contributed by atoms with E-state index >= 15 is 0 Å². The molecule has 0 aliphatic rings. The van der Waals surface area contributed by atoms with E-state index in [-0.39, 0.29) is 0 Å². The average molecular weight is 222 g/mol. The molecule has 1 aromatic carbocycles. The van der Waals surface area contributed by atoms with Gasteiger partial charge in [0.2, 0.25) is 0 Å². The molecular formula is C13H20NO2+. The van der Waals surface area contributed by atoms with Gasteiger partial charge in [-0.3, -0.25) is 0 Å². The molecule has 2 N–H and O–H groups in total. The molecule has 0 heterocycles. The van der Waals surface area contributed by atoms with Crippen LogP contribution in [0.15, 0.2) is 36.9 Å². The van der Waals surface area contributed by atoms with Gasteiger partial charge in [0.15, 0.2) is 11.5 Å². The van der Waals surface area contributed by atoms with Gasteiger partial charge in [0.05, 0.1) is 6.54 Å². The Morgan fingerprint density at radius 1 is 1.25 bits per heavy atom. The van der Waals surface area contributed by atoms with E-state index in [0.29, 0.717) is 13.2 Å². The molecule has 0 aliphatic heterocycles. The molecule has 0 saturated heterocycles. The molecule has 88 valence electrons. The van der Waals surface area contributed by atoms with Crippen LogP contribution in [0, 0.1) is 0 Å². The monoisotopic (exact) mass is 222 g/mol. The highest BCUT2D eigenvalue weighted by Gasteiger charge is 2.03. The third-order valence-electron chi connectivity index (χ3n) is 2.07. The van der Waals surface area contributed by atoms with E-state index in [9.17, 15) is 0 Å². The van der Waals surface area contributed by atoms with Crippen molar-refractivity contribution in [3.8, 4) is 11.5 Å². The van der Waals surface area contributed by atoms with Crippen molar-refractivity contribution in [1.29, 1.82) is 0 Å². The lowest BCUT2D eigenvalue weighted by Crippen LogP contribution is -2.84. The molecule has 0 fully saturated rings. The lowest BCUT2D eigenvalue weighted by Gasteiger charge is -2.10. The molecule has 0 unspecified atom stereocenters. The number of quaternary nitrogens is 1. The minimum absolute atomic E-state index is 0.501. The number of hydrogen-bond acceptors (Lipinski definition) is 2. The Hall–Kier alpha value is -1.48. The van der Waals surface area contributed by atoms with Crippen LogP contribution in [0.4, 0.5) is 0 Å².